The Kier molecular flexibility index (Phi) is 4.61. The highest BCUT2D eigenvalue weighted by Crippen LogP contribution is 2.24. The zero-order chi connectivity index (χ0) is 14.7. The zero-order valence-corrected chi connectivity index (χ0v) is 13.8. The van der Waals surface area contributed by atoms with E-state index >= 15 is 0 Å². The van der Waals surface area contributed by atoms with Crippen molar-refractivity contribution in [1.29, 1.82) is 0 Å². The maximum atomic E-state index is 6.03. The van der Waals surface area contributed by atoms with Gasteiger partial charge in [-0.2, -0.15) is 0 Å². The molecular formula is C18H20BrNO. The zero-order valence-electron chi connectivity index (χ0n) is 12.2. The van der Waals surface area contributed by atoms with Crippen molar-refractivity contribution in [3.63, 3.8) is 0 Å². The molecule has 3 heteroatoms. The maximum absolute atomic E-state index is 6.03. The molecule has 0 bridgehead atoms. The molecule has 3 rings (SSSR count). The highest BCUT2D eigenvalue weighted by molar-refractivity contribution is 9.10. The number of rotatable bonds is 6. The van der Waals surface area contributed by atoms with E-state index in [1.807, 2.05) is 12.1 Å². The first-order chi connectivity index (χ1) is 10.2. The lowest BCUT2D eigenvalue weighted by atomic mass is 10.1. The van der Waals surface area contributed by atoms with E-state index in [1.54, 1.807) is 0 Å². The third kappa shape index (κ3) is 4.32. The summed E-state index contributed by atoms with van der Waals surface area (Å²) in [7, 11) is 0. The molecule has 2 aromatic carbocycles. The number of benzene rings is 2. The van der Waals surface area contributed by atoms with Gasteiger partial charge in [0.15, 0.2) is 0 Å². The molecule has 1 aliphatic carbocycles. The van der Waals surface area contributed by atoms with Crippen molar-refractivity contribution in [3.8, 4) is 5.75 Å². The van der Waals surface area contributed by atoms with Crippen molar-refractivity contribution in [2.24, 2.45) is 0 Å². The van der Waals surface area contributed by atoms with Crippen LogP contribution in [0.1, 0.15) is 29.5 Å². The highest BCUT2D eigenvalue weighted by Gasteiger charge is 2.20. The first kappa shape index (κ1) is 14.6. The summed E-state index contributed by atoms with van der Waals surface area (Å²) < 4.78 is 7.11. The molecule has 110 valence electrons. The Hall–Kier alpha value is -1.32. The van der Waals surface area contributed by atoms with Gasteiger partial charge >= 0.3 is 0 Å². The van der Waals surface area contributed by atoms with Crippen LogP contribution in [0, 0.1) is 6.92 Å². The van der Waals surface area contributed by atoms with Gasteiger partial charge in [0, 0.05) is 22.6 Å². The van der Waals surface area contributed by atoms with E-state index in [0.717, 1.165) is 16.8 Å². The van der Waals surface area contributed by atoms with E-state index in [1.165, 1.54) is 29.5 Å². The molecular weight excluding hydrogens is 326 g/mol. The molecule has 1 N–H and O–H groups in total. The van der Waals surface area contributed by atoms with Gasteiger partial charge in [-0.25, -0.2) is 0 Å². The number of hydrogen-bond acceptors (Lipinski definition) is 2. The molecule has 1 fully saturated rings. The van der Waals surface area contributed by atoms with Crippen LogP contribution in [0.2, 0.25) is 0 Å². The number of ether oxygens (including phenoxy) is 1. The van der Waals surface area contributed by atoms with Crippen LogP contribution in [0.3, 0.4) is 0 Å². The summed E-state index contributed by atoms with van der Waals surface area (Å²) in [6, 6.07) is 15.4. The van der Waals surface area contributed by atoms with Gasteiger partial charge in [-0.05, 0) is 43.5 Å². The van der Waals surface area contributed by atoms with Crippen molar-refractivity contribution in [1.82, 2.24) is 5.32 Å². The predicted molar refractivity (Wildman–Crippen MR) is 89.5 cm³/mol. The molecule has 0 unspecified atom stereocenters. The summed E-state index contributed by atoms with van der Waals surface area (Å²) in [5.41, 5.74) is 3.69. The highest BCUT2D eigenvalue weighted by atomic mass is 79.9. The average Bonchev–Trinajstić information content (AvgIpc) is 3.28. The molecule has 0 aromatic heterocycles. The Bertz CT molecular complexity index is 622. The molecule has 0 saturated heterocycles. The van der Waals surface area contributed by atoms with Gasteiger partial charge in [-0.15, -0.1) is 0 Å². The van der Waals surface area contributed by atoms with E-state index in [0.29, 0.717) is 12.6 Å². The lowest BCUT2D eigenvalue weighted by molar-refractivity contribution is 0.302. The predicted octanol–water partition coefficient (Wildman–Crippen LogP) is 4.59. The van der Waals surface area contributed by atoms with Crippen molar-refractivity contribution in [3.05, 3.63) is 63.6 Å². The lowest BCUT2D eigenvalue weighted by Crippen LogP contribution is -2.16. The van der Waals surface area contributed by atoms with Crippen molar-refractivity contribution in [2.75, 3.05) is 0 Å². The first-order valence-corrected chi connectivity index (χ1v) is 8.20. The monoisotopic (exact) mass is 345 g/mol. The smallest absolute Gasteiger partial charge is 0.124 e. The summed E-state index contributed by atoms with van der Waals surface area (Å²) in [6.45, 7) is 3.61. The van der Waals surface area contributed by atoms with E-state index in [2.05, 4.69) is 58.5 Å². The number of halogens is 1. The van der Waals surface area contributed by atoms with Crippen molar-refractivity contribution in [2.45, 2.75) is 39.0 Å². The lowest BCUT2D eigenvalue weighted by Gasteiger charge is -2.13. The molecule has 0 heterocycles. The Balaban J connectivity index is 1.68. The molecule has 1 aliphatic rings. The fourth-order valence-corrected chi connectivity index (χ4v) is 2.76. The summed E-state index contributed by atoms with van der Waals surface area (Å²) in [5, 5.41) is 3.56. The second-order valence-corrected chi connectivity index (χ2v) is 6.60. The molecule has 0 amide bonds. The number of aryl methyl sites for hydroxylation is 1. The Morgan fingerprint density at radius 1 is 1.19 bits per heavy atom. The third-order valence-corrected chi connectivity index (χ3v) is 4.15. The van der Waals surface area contributed by atoms with Gasteiger partial charge in [0.05, 0.1) is 0 Å². The summed E-state index contributed by atoms with van der Waals surface area (Å²) in [4.78, 5) is 0. The fraction of sp³-hybridized carbons (Fsp3) is 0.333. The van der Waals surface area contributed by atoms with Crippen LogP contribution in [0.15, 0.2) is 46.9 Å². The largest absolute Gasteiger partial charge is 0.489 e. The van der Waals surface area contributed by atoms with Gasteiger partial charge in [0.2, 0.25) is 0 Å². The van der Waals surface area contributed by atoms with Crippen LogP contribution in [-0.4, -0.2) is 6.04 Å². The minimum Gasteiger partial charge on any atom is -0.489 e. The Morgan fingerprint density at radius 3 is 2.81 bits per heavy atom. The van der Waals surface area contributed by atoms with Gasteiger partial charge in [0.1, 0.15) is 12.4 Å². The minimum atomic E-state index is 0.596. The molecule has 21 heavy (non-hydrogen) atoms. The maximum Gasteiger partial charge on any atom is 0.124 e. The molecule has 0 aliphatic heterocycles. The van der Waals surface area contributed by atoms with E-state index in [-0.39, 0.29) is 0 Å². The van der Waals surface area contributed by atoms with Crippen LogP contribution < -0.4 is 10.1 Å². The van der Waals surface area contributed by atoms with Gasteiger partial charge in [-0.1, -0.05) is 45.8 Å². The van der Waals surface area contributed by atoms with E-state index < -0.39 is 0 Å². The van der Waals surface area contributed by atoms with Crippen LogP contribution in [0.4, 0.5) is 0 Å². The van der Waals surface area contributed by atoms with Gasteiger partial charge < -0.3 is 10.1 Å². The van der Waals surface area contributed by atoms with Crippen LogP contribution in [0.5, 0.6) is 5.75 Å². The Labute approximate surface area is 134 Å². The quantitative estimate of drug-likeness (QED) is 0.826. The van der Waals surface area contributed by atoms with Gasteiger partial charge in [-0.3, -0.25) is 0 Å². The SMILES string of the molecule is Cc1ccc(OCc2cccc(Br)c2)c(CNC2CC2)c1. The average molecular weight is 346 g/mol. The molecule has 2 nitrogen and oxygen atoms in total. The minimum absolute atomic E-state index is 0.596. The van der Waals surface area contributed by atoms with E-state index in [9.17, 15) is 0 Å². The van der Waals surface area contributed by atoms with Crippen molar-refractivity contribution >= 4 is 15.9 Å². The fourth-order valence-electron chi connectivity index (χ4n) is 2.32. The first-order valence-electron chi connectivity index (χ1n) is 7.41. The standard InChI is InChI=1S/C18H20BrNO/c1-13-5-8-18(15(9-13)11-20-17-6-7-17)21-12-14-3-2-4-16(19)10-14/h2-5,8-10,17,20H,6-7,11-12H2,1H3. The molecule has 2 aromatic rings. The van der Waals surface area contributed by atoms with Crippen LogP contribution in [-0.2, 0) is 13.2 Å². The molecule has 0 radical (unpaired) electrons. The summed E-state index contributed by atoms with van der Waals surface area (Å²) >= 11 is 3.49. The third-order valence-electron chi connectivity index (χ3n) is 3.66. The van der Waals surface area contributed by atoms with E-state index in [4.69, 9.17) is 4.74 Å². The van der Waals surface area contributed by atoms with Crippen LogP contribution >= 0.6 is 15.9 Å². The van der Waals surface area contributed by atoms with Crippen molar-refractivity contribution < 1.29 is 4.74 Å². The van der Waals surface area contributed by atoms with Gasteiger partial charge in [0.25, 0.3) is 0 Å². The summed E-state index contributed by atoms with van der Waals surface area (Å²) in [5.74, 6) is 0.980. The topological polar surface area (TPSA) is 21.3 Å². The number of hydrogen-bond donors (Lipinski definition) is 1. The Morgan fingerprint density at radius 2 is 2.05 bits per heavy atom. The summed E-state index contributed by atoms with van der Waals surface area (Å²) in [6.07, 6.45) is 2.61. The second-order valence-electron chi connectivity index (χ2n) is 5.68. The number of nitrogens with one attached hydrogen (secondary N) is 1. The molecule has 0 atom stereocenters. The second kappa shape index (κ2) is 6.63. The normalized spacial score (nSPS) is 14.2. The molecule has 1 saturated carbocycles. The molecule has 0 spiro atoms. The van der Waals surface area contributed by atoms with Crippen LogP contribution in [0.25, 0.3) is 0 Å².